The van der Waals surface area contributed by atoms with Crippen molar-refractivity contribution in [3.63, 3.8) is 0 Å². The van der Waals surface area contributed by atoms with Gasteiger partial charge in [0.05, 0.1) is 16.1 Å². The molecule has 0 saturated carbocycles. The molecule has 0 unspecified atom stereocenters. The Morgan fingerprint density at radius 1 is 1.21 bits per heavy atom. The first-order valence-electron chi connectivity index (χ1n) is 5.34. The Balaban J connectivity index is 2.34. The van der Waals surface area contributed by atoms with Crippen LogP contribution < -0.4 is 5.32 Å². The number of Topliss-reactive ketones (excluding diaryl/α,β-unsaturated/α-hetero) is 1. The summed E-state index contributed by atoms with van der Waals surface area (Å²) in [6.07, 6.45) is 0. The van der Waals surface area contributed by atoms with Gasteiger partial charge in [-0.2, -0.15) is 0 Å². The monoisotopic (exact) mass is 281 g/mol. The molecule has 0 radical (unpaired) electrons. The number of benzene rings is 1. The largest absolute Gasteiger partial charge is 0.319 e. The van der Waals surface area contributed by atoms with E-state index in [1.165, 1.54) is 11.3 Å². The van der Waals surface area contributed by atoms with E-state index in [9.17, 15) is 18.4 Å². The van der Waals surface area contributed by atoms with Gasteiger partial charge >= 0.3 is 0 Å². The Kier molecular flexibility index (Phi) is 3.71. The number of rotatable bonds is 3. The maximum absolute atomic E-state index is 13.9. The summed E-state index contributed by atoms with van der Waals surface area (Å²) in [6.45, 7) is 1.06. The highest BCUT2D eigenvalue weighted by Gasteiger charge is 2.19. The van der Waals surface area contributed by atoms with Crippen molar-refractivity contribution in [2.75, 3.05) is 5.32 Å². The van der Waals surface area contributed by atoms with Crippen LogP contribution in [-0.2, 0) is 0 Å². The summed E-state index contributed by atoms with van der Waals surface area (Å²) < 4.78 is 27.2. The van der Waals surface area contributed by atoms with Gasteiger partial charge in [0.2, 0.25) is 0 Å². The average Bonchev–Trinajstić information content (AvgIpc) is 2.86. The summed E-state index contributed by atoms with van der Waals surface area (Å²) >= 11 is 1.19. The highest BCUT2D eigenvalue weighted by molar-refractivity contribution is 7.12. The van der Waals surface area contributed by atoms with Crippen molar-refractivity contribution in [1.82, 2.24) is 0 Å². The molecule has 0 bridgehead atoms. The fourth-order valence-electron chi connectivity index (χ4n) is 1.56. The van der Waals surface area contributed by atoms with Crippen molar-refractivity contribution in [1.29, 1.82) is 0 Å². The van der Waals surface area contributed by atoms with Crippen LogP contribution in [0.5, 0.6) is 0 Å². The van der Waals surface area contributed by atoms with Gasteiger partial charge in [0.15, 0.2) is 11.6 Å². The van der Waals surface area contributed by atoms with E-state index >= 15 is 0 Å². The van der Waals surface area contributed by atoms with Gasteiger partial charge in [0.1, 0.15) is 5.82 Å². The first kappa shape index (κ1) is 13.4. The van der Waals surface area contributed by atoms with Crippen LogP contribution in [-0.4, -0.2) is 11.7 Å². The third-order valence-electron chi connectivity index (χ3n) is 2.44. The zero-order chi connectivity index (χ0) is 14.0. The number of thiophene rings is 1. The van der Waals surface area contributed by atoms with E-state index in [0.717, 1.165) is 19.1 Å². The summed E-state index contributed by atoms with van der Waals surface area (Å²) in [7, 11) is 0. The average molecular weight is 281 g/mol. The normalized spacial score (nSPS) is 10.3. The fraction of sp³-hybridized carbons (Fsp3) is 0.0769. The van der Waals surface area contributed by atoms with Gasteiger partial charge in [-0.15, -0.1) is 11.3 Å². The number of hydrogen-bond donors (Lipinski definition) is 1. The Bertz CT molecular complexity index is 638. The lowest BCUT2D eigenvalue weighted by molar-refractivity contribution is 0.0999. The van der Waals surface area contributed by atoms with Crippen LogP contribution in [0, 0.1) is 11.6 Å². The summed E-state index contributed by atoms with van der Waals surface area (Å²) in [5.41, 5.74) is -0.867. The van der Waals surface area contributed by atoms with Crippen LogP contribution in [0.25, 0.3) is 0 Å². The van der Waals surface area contributed by atoms with E-state index in [1.54, 1.807) is 17.5 Å². The third kappa shape index (κ3) is 2.68. The van der Waals surface area contributed by atoms with E-state index < -0.39 is 28.9 Å². The molecule has 0 aliphatic rings. The third-order valence-corrected chi connectivity index (χ3v) is 3.30. The zero-order valence-corrected chi connectivity index (χ0v) is 10.7. The number of hydrogen-bond acceptors (Lipinski definition) is 3. The van der Waals surface area contributed by atoms with Crippen LogP contribution in [0.1, 0.15) is 27.0 Å². The minimum Gasteiger partial charge on any atom is -0.319 e. The second-order valence-corrected chi connectivity index (χ2v) is 4.72. The number of carbonyl (C=O) groups excluding carboxylic acids is 2. The van der Waals surface area contributed by atoms with Crippen molar-refractivity contribution in [2.45, 2.75) is 6.92 Å². The molecule has 0 saturated heterocycles. The SMILES string of the molecule is CC(=O)c1c(F)ccc(NC(=O)c2cccs2)c1F. The molecule has 0 fully saturated rings. The first-order chi connectivity index (χ1) is 9.00. The van der Waals surface area contributed by atoms with Crippen LogP contribution in [0.4, 0.5) is 14.5 Å². The molecule has 6 heteroatoms. The van der Waals surface area contributed by atoms with Crippen LogP contribution >= 0.6 is 11.3 Å². The molecule has 3 nitrogen and oxygen atoms in total. The molecule has 1 amide bonds. The van der Waals surface area contributed by atoms with Crippen molar-refractivity contribution in [3.8, 4) is 0 Å². The number of amides is 1. The summed E-state index contributed by atoms with van der Waals surface area (Å²) in [5, 5.41) is 4.02. The number of ketones is 1. The second kappa shape index (κ2) is 5.27. The molecule has 1 aromatic carbocycles. The number of anilines is 1. The van der Waals surface area contributed by atoms with Gasteiger partial charge in [-0.25, -0.2) is 8.78 Å². The maximum Gasteiger partial charge on any atom is 0.265 e. The molecule has 0 aliphatic carbocycles. The van der Waals surface area contributed by atoms with Gasteiger partial charge in [0, 0.05) is 0 Å². The van der Waals surface area contributed by atoms with Gasteiger partial charge in [-0.05, 0) is 30.5 Å². The molecule has 2 aromatic rings. The molecule has 0 spiro atoms. The van der Waals surface area contributed by atoms with Gasteiger partial charge < -0.3 is 5.32 Å². The van der Waals surface area contributed by atoms with Gasteiger partial charge in [-0.3, -0.25) is 9.59 Å². The lowest BCUT2D eigenvalue weighted by Crippen LogP contribution is -2.13. The predicted molar refractivity (Wildman–Crippen MR) is 68.6 cm³/mol. The molecule has 1 aromatic heterocycles. The topological polar surface area (TPSA) is 46.2 Å². The van der Waals surface area contributed by atoms with E-state index in [-0.39, 0.29) is 5.69 Å². The van der Waals surface area contributed by atoms with Crippen molar-refractivity contribution < 1.29 is 18.4 Å². The van der Waals surface area contributed by atoms with Crippen molar-refractivity contribution in [2.24, 2.45) is 0 Å². The Hall–Kier alpha value is -2.08. The number of nitrogens with one attached hydrogen (secondary N) is 1. The molecule has 1 N–H and O–H groups in total. The molecule has 1 heterocycles. The summed E-state index contributed by atoms with van der Waals surface area (Å²) in [6, 6.07) is 5.29. The molecular weight excluding hydrogens is 272 g/mol. The Morgan fingerprint density at radius 2 is 1.95 bits per heavy atom. The maximum atomic E-state index is 13.9. The van der Waals surface area contributed by atoms with Gasteiger partial charge in [0.25, 0.3) is 5.91 Å². The minimum atomic E-state index is -1.06. The van der Waals surface area contributed by atoms with Crippen molar-refractivity contribution in [3.05, 3.63) is 51.7 Å². The van der Waals surface area contributed by atoms with E-state index in [2.05, 4.69) is 5.32 Å². The minimum absolute atomic E-state index is 0.218. The van der Waals surface area contributed by atoms with E-state index in [4.69, 9.17) is 0 Å². The molecular formula is C13H9F2NO2S. The molecule has 0 aliphatic heterocycles. The quantitative estimate of drug-likeness (QED) is 0.875. The standard InChI is InChI=1S/C13H9F2NO2S/c1-7(17)11-8(14)4-5-9(12(11)15)16-13(18)10-3-2-6-19-10/h2-6H,1H3,(H,16,18). The lowest BCUT2D eigenvalue weighted by Gasteiger charge is -2.08. The van der Waals surface area contributed by atoms with Crippen LogP contribution in [0.2, 0.25) is 0 Å². The summed E-state index contributed by atoms with van der Waals surface area (Å²) in [5.74, 6) is -3.24. The Morgan fingerprint density at radius 3 is 2.53 bits per heavy atom. The van der Waals surface area contributed by atoms with Crippen molar-refractivity contribution >= 4 is 28.7 Å². The smallest absolute Gasteiger partial charge is 0.265 e. The number of halogens is 2. The zero-order valence-electron chi connectivity index (χ0n) is 9.87. The summed E-state index contributed by atoms with van der Waals surface area (Å²) in [4.78, 5) is 23.3. The van der Waals surface area contributed by atoms with Crippen LogP contribution in [0.3, 0.4) is 0 Å². The molecule has 19 heavy (non-hydrogen) atoms. The molecule has 2 rings (SSSR count). The number of carbonyl (C=O) groups is 2. The van der Waals surface area contributed by atoms with E-state index in [0.29, 0.717) is 4.88 Å². The predicted octanol–water partition coefficient (Wildman–Crippen LogP) is 3.48. The fourth-order valence-corrected chi connectivity index (χ4v) is 2.18. The lowest BCUT2D eigenvalue weighted by atomic mass is 10.1. The highest BCUT2D eigenvalue weighted by atomic mass is 32.1. The highest BCUT2D eigenvalue weighted by Crippen LogP contribution is 2.22. The molecule has 98 valence electrons. The molecule has 0 atom stereocenters. The van der Waals surface area contributed by atoms with Crippen LogP contribution in [0.15, 0.2) is 29.6 Å². The second-order valence-electron chi connectivity index (χ2n) is 3.77. The Labute approximate surface area is 111 Å². The van der Waals surface area contributed by atoms with Gasteiger partial charge in [-0.1, -0.05) is 6.07 Å². The van der Waals surface area contributed by atoms with E-state index in [1.807, 2.05) is 0 Å². The first-order valence-corrected chi connectivity index (χ1v) is 6.22.